The minimum atomic E-state index is -0.130. The third kappa shape index (κ3) is 4.96. The molecule has 0 saturated heterocycles. The van der Waals surface area contributed by atoms with E-state index in [1.54, 1.807) is 6.07 Å². The molecule has 1 aliphatic carbocycles. The lowest BCUT2D eigenvalue weighted by Crippen LogP contribution is -2.33. The van der Waals surface area contributed by atoms with E-state index in [2.05, 4.69) is 92.4 Å². The number of phenols is 1. The summed E-state index contributed by atoms with van der Waals surface area (Å²) >= 11 is 0. The number of anilines is 1. The Bertz CT molecular complexity index is 2310. The normalized spacial score (nSPS) is 16.5. The number of hydrogen-bond donors (Lipinski definition) is 1. The van der Waals surface area contributed by atoms with E-state index >= 15 is 0 Å². The molecular weight excluding hydrogens is 592 g/mol. The van der Waals surface area contributed by atoms with Crippen LogP contribution in [-0.4, -0.2) is 15.9 Å². The van der Waals surface area contributed by atoms with Gasteiger partial charge in [-0.15, -0.1) is 0 Å². The number of aryl methyl sites for hydroxylation is 1. The predicted octanol–water partition coefficient (Wildman–Crippen LogP) is 9.94. The van der Waals surface area contributed by atoms with Crippen LogP contribution in [-0.2, 0) is 5.41 Å². The molecule has 0 fully saturated rings. The van der Waals surface area contributed by atoms with Crippen LogP contribution in [0.5, 0.6) is 17.4 Å². The summed E-state index contributed by atoms with van der Waals surface area (Å²) in [6.07, 6.45) is 0. The summed E-state index contributed by atoms with van der Waals surface area (Å²) in [7, 11) is 0. The molecule has 2 aliphatic rings. The first-order valence-electron chi connectivity index (χ1n) is 16.2. The molecule has 0 amide bonds. The summed E-state index contributed by atoms with van der Waals surface area (Å²) in [4.78, 5) is 12.5. The first-order chi connectivity index (χ1) is 23.2. The topological polar surface area (TPSA) is 81.7 Å². The van der Waals surface area contributed by atoms with Crippen LogP contribution in [0.3, 0.4) is 0 Å². The van der Waals surface area contributed by atoms with E-state index in [4.69, 9.17) is 14.7 Å². The zero-order valence-electron chi connectivity index (χ0n) is 27.3. The van der Waals surface area contributed by atoms with E-state index in [-0.39, 0.29) is 23.2 Å². The minimum Gasteiger partial charge on any atom is -0.506 e. The lowest BCUT2D eigenvalue weighted by Gasteiger charge is -2.36. The van der Waals surface area contributed by atoms with E-state index in [1.807, 2.05) is 55.5 Å². The molecule has 1 aromatic heterocycles. The zero-order chi connectivity index (χ0) is 33.2. The van der Waals surface area contributed by atoms with Crippen LogP contribution in [0.15, 0.2) is 120 Å². The van der Waals surface area contributed by atoms with Gasteiger partial charge in [0.05, 0.1) is 17.7 Å². The summed E-state index contributed by atoms with van der Waals surface area (Å²) in [5.41, 5.74) is 9.74. The molecular formula is C42H34N4O2. The molecule has 48 heavy (non-hydrogen) atoms. The maximum absolute atomic E-state index is 10.9. The number of aromatic nitrogens is 1. The molecule has 0 unspecified atom stereocenters. The largest absolute Gasteiger partial charge is 0.506 e. The highest BCUT2D eigenvalue weighted by Gasteiger charge is 2.44. The van der Waals surface area contributed by atoms with Gasteiger partial charge in [0.2, 0.25) is 5.88 Å². The van der Waals surface area contributed by atoms with Gasteiger partial charge in [-0.05, 0) is 106 Å². The monoisotopic (exact) mass is 626 g/mol. The first-order valence-corrected chi connectivity index (χ1v) is 16.2. The lowest BCUT2D eigenvalue weighted by molar-refractivity contribution is 0.458. The van der Waals surface area contributed by atoms with Gasteiger partial charge in [-0.2, -0.15) is 5.26 Å². The summed E-state index contributed by atoms with van der Waals surface area (Å²) < 4.78 is 6.39. The van der Waals surface area contributed by atoms with Gasteiger partial charge in [-0.1, -0.05) is 69.3 Å². The Morgan fingerprint density at radius 3 is 2.25 bits per heavy atom. The van der Waals surface area contributed by atoms with Crippen molar-refractivity contribution in [2.75, 3.05) is 4.90 Å². The molecule has 1 aliphatic heterocycles. The smallest absolute Gasteiger partial charge is 0.219 e. The van der Waals surface area contributed by atoms with Gasteiger partial charge < -0.3 is 14.7 Å². The Morgan fingerprint density at radius 1 is 0.812 bits per heavy atom. The zero-order valence-corrected chi connectivity index (χ0v) is 27.3. The summed E-state index contributed by atoms with van der Waals surface area (Å²) in [5, 5.41) is 21.3. The maximum Gasteiger partial charge on any atom is 0.219 e. The molecule has 5 aromatic carbocycles. The third-order valence-corrected chi connectivity index (χ3v) is 9.33. The fourth-order valence-electron chi connectivity index (χ4n) is 7.02. The van der Waals surface area contributed by atoms with Crippen molar-refractivity contribution in [2.24, 2.45) is 4.99 Å². The van der Waals surface area contributed by atoms with Gasteiger partial charge in [0.1, 0.15) is 28.9 Å². The van der Waals surface area contributed by atoms with Crippen molar-refractivity contribution in [3.8, 4) is 34.6 Å². The molecule has 234 valence electrons. The van der Waals surface area contributed by atoms with Crippen molar-refractivity contribution >= 4 is 22.4 Å². The van der Waals surface area contributed by atoms with Crippen LogP contribution < -0.4 is 9.64 Å². The summed E-state index contributed by atoms with van der Waals surface area (Å²) in [5.74, 6) is 1.98. The second-order valence-electron chi connectivity index (χ2n) is 13.6. The second-order valence-corrected chi connectivity index (χ2v) is 13.6. The average molecular weight is 627 g/mol. The SMILES string of the molecule is Cc1cc(Oc2ccc3cc(C(C)(C)C)cc(O)c3n2)cc(C2=N[C@H]3c4ccccc4-c4ccccc4[C@H]3N2c2ccc(C#N)cc2)c1. The van der Waals surface area contributed by atoms with E-state index in [0.29, 0.717) is 22.7 Å². The number of aliphatic imine (C=N–C) groups is 1. The Labute approximate surface area is 280 Å². The Balaban J connectivity index is 1.23. The highest BCUT2D eigenvalue weighted by Crippen LogP contribution is 2.53. The lowest BCUT2D eigenvalue weighted by atomic mass is 9.79. The highest BCUT2D eigenvalue weighted by molar-refractivity contribution is 6.13. The van der Waals surface area contributed by atoms with Gasteiger partial charge >= 0.3 is 0 Å². The predicted molar refractivity (Wildman–Crippen MR) is 191 cm³/mol. The molecule has 1 N–H and O–H groups in total. The number of phenolic OH excluding ortho intramolecular Hbond substituents is 1. The van der Waals surface area contributed by atoms with Gasteiger partial charge in [-0.25, -0.2) is 4.98 Å². The fraction of sp³-hybridized carbons (Fsp3) is 0.167. The highest BCUT2D eigenvalue weighted by atomic mass is 16.5. The first kappa shape index (κ1) is 29.5. The molecule has 6 nitrogen and oxygen atoms in total. The molecule has 2 atom stereocenters. The number of aromatic hydroxyl groups is 1. The van der Waals surface area contributed by atoms with Gasteiger partial charge in [0.25, 0.3) is 0 Å². The average Bonchev–Trinajstić information content (AvgIpc) is 3.49. The summed E-state index contributed by atoms with van der Waals surface area (Å²) in [6, 6.07) is 40.6. The number of hydrogen-bond acceptors (Lipinski definition) is 6. The Hall–Kier alpha value is -5.93. The number of fused-ring (bicyclic) bond motifs is 7. The van der Waals surface area contributed by atoms with Gasteiger partial charge in [0.15, 0.2) is 0 Å². The molecule has 0 spiro atoms. The van der Waals surface area contributed by atoms with Crippen molar-refractivity contribution in [3.05, 3.63) is 149 Å². The van der Waals surface area contributed by atoms with Crippen LogP contribution in [0, 0.1) is 18.3 Å². The van der Waals surface area contributed by atoms with Crippen LogP contribution in [0.4, 0.5) is 5.69 Å². The Morgan fingerprint density at radius 2 is 1.52 bits per heavy atom. The number of nitrogens with zero attached hydrogens (tertiary/aromatic N) is 4. The maximum atomic E-state index is 10.9. The summed E-state index contributed by atoms with van der Waals surface area (Å²) in [6.45, 7) is 8.41. The number of ether oxygens (including phenoxy) is 1. The minimum absolute atomic E-state index is 0.0768. The van der Waals surface area contributed by atoms with Crippen LogP contribution in [0.2, 0.25) is 0 Å². The Kier molecular flexibility index (Phi) is 6.82. The number of benzene rings is 5. The number of rotatable bonds is 4. The molecule has 6 heteroatoms. The third-order valence-electron chi connectivity index (χ3n) is 9.33. The standard InChI is InChI=1S/C42H34N4O2/c1-25-19-28(22-31(20-25)48-37-18-15-27-21-29(42(2,3)4)23-36(47)38(27)44-37)41-45-39-34-11-7-5-9-32(34)33-10-6-8-12-35(33)40(39)46(41)30-16-13-26(24-43)14-17-30/h5-23,39-40,47H,1-4H3/t39-,40+/m0/s1. The quantitative estimate of drug-likeness (QED) is 0.211. The second kappa shape index (κ2) is 11.1. The molecule has 2 heterocycles. The number of nitriles is 1. The van der Waals surface area contributed by atoms with E-state index in [0.717, 1.165) is 33.6 Å². The van der Waals surface area contributed by atoms with E-state index in [1.165, 1.54) is 22.3 Å². The molecule has 0 radical (unpaired) electrons. The van der Waals surface area contributed by atoms with Gasteiger partial charge in [-0.3, -0.25) is 4.99 Å². The molecule has 6 aromatic rings. The van der Waals surface area contributed by atoms with Crippen molar-refractivity contribution < 1.29 is 9.84 Å². The van der Waals surface area contributed by atoms with Crippen molar-refractivity contribution in [1.29, 1.82) is 5.26 Å². The van der Waals surface area contributed by atoms with Gasteiger partial charge in [0, 0.05) is 22.7 Å². The van der Waals surface area contributed by atoms with E-state index in [9.17, 15) is 10.4 Å². The van der Waals surface area contributed by atoms with Crippen LogP contribution in [0.1, 0.15) is 66.2 Å². The van der Waals surface area contributed by atoms with Crippen molar-refractivity contribution in [1.82, 2.24) is 4.98 Å². The fourth-order valence-corrected chi connectivity index (χ4v) is 7.02. The number of pyridine rings is 1. The van der Waals surface area contributed by atoms with E-state index < -0.39 is 0 Å². The molecule has 0 bridgehead atoms. The molecule has 8 rings (SSSR count). The van der Waals surface area contributed by atoms with Crippen LogP contribution >= 0.6 is 0 Å². The van der Waals surface area contributed by atoms with Crippen molar-refractivity contribution in [2.45, 2.75) is 45.2 Å². The van der Waals surface area contributed by atoms with Crippen molar-refractivity contribution in [3.63, 3.8) is 0 Å². The number of amidine groups is 1. The van der Waals surface area contributed by atoms with Crippen LogP contribution in [0.25, 0.3) is 22.0 Å². The molecule has 0 saturated carbocycles.